The lowest BCUT2D eigenvalue weighted by molar-refractivity contribution is -0.385. The van der Waals surface area contributed by atoms with Crippen LogP contribution in [0.4, 0.5) is 5.69 Å². The van der Waals surface area contributed by atoms with E-state index in [1.165, 1.54) is 19.4 Å². The summed E-state index contributed by atoms with van der Waals surface area (Å²) in [5.74, 6) is 0.0986. The highest BCUT2D eigenvalue weighted by atomic mass is 79.9. The zero-order valence-electron chi connectivity index (χ0n) is 10.3. The molecule has 1 aromatic carbocycles. The molecule has 0 spiro atoms. The molecular formula is C11H6BrCl2N3O4. The minimum Gasteiger partial charge on any atom is -0.480 e. The van der Waals surface area contributed by atoms with Crippen molar-refractivity contribution in [3.05, 3.63) is 43.0 Å². The van der Waals surface area contributed by atoms with E-state index in [1.54, 1.807) is 0 Å². The SMILES string of the molecule is COc1nc(Oc2cc(Cl)c(Cl)cc2[N+](=O)[O-])ncc1Br. The number of hydrogen-bond acceptors (Lipinski definition) is 6. The maximum atomic E-state index is 11.0. The number of aromatic nitrogens is 2. The van der Waals surface area contributed by atoms with Gasteiger partial charge in [0.25, 0.3) is 0 Å². The molecule has 0 fully saturated rings. The Morgan fingerprint density at radius 2 is 2.00 bits per heavy atom. The van der Waals surface area contributed by atoms with Gasteiger partial charge in [-0.15, -0.1) is 0 Å². The first-order valence-electron chi connectivity index (χ1n) is 5.30. The fourth-order valence-corrected chi connectivity index (χ4v) is 2.03. The van der Waals surface area contributed by atoms with E-state index in [4.69, 9.17) is 32.7 Å². The summed E-state index contributed by atoms with van der Waals surface area (Å²) >= 11 is 14.8. The molecular weight excluding hydrogens is 389 g/mol. The first-order valence-corrected chi connectivity index (χ1v) is 6.85. The van der Waals surface area contributed by atoms with E-state index in [9.17, 15) is 10.1 Å². The molecule has 0 saturated heterocycles. The Bertz CT molecular complexity index is 714. The zero-order valence-corrected chi connectivity index (χ0v) is 13.4. The zero-order chi connectivity index (χ0) is 15.6. The van der Waals surface area contributed by atoms with E-state index in [0.717, 1.165) is 6.07 Å². The lowest BCUT2D eigenvalue weighted by atomic mass is 10.3. The molecule has 2 aromatic rings. The molecule has 0 radical (unpaired) electrons. The second kappa shape index (κ2) is 6.42. The Morgan fingerprint density at radius 1 is 1.33 bits per heavy atom. The van der Waals surface area contributed by atoms with E-state index in [2.05, 4.69) is 25.9 Å². The number of nitro groups is 1. The molecule has 110 valence electrons. The van der Waals surface area contributed by atoms with Crippen LogP contribution in [0.25, 0.3) is 0 Å². The average Bonchev–Trinajstić information content (AvgIpc) is 2.44. The van der Waals surface area contributed by atoms with E-state index in [0.29, 0.717) is 4.47 Å². The normalized spacial score (nSPS) is 10.3. The molecule has 0 aliphatic carbocycles. The third kappa shape index (κ3) is 3.52. The standard InChI is InChI=1S/C11H6BrCl2N3O4/c1-20-10-5(12)4-15-11(16-10)21-9-3-7(14)6(13)2-8(9)17(18)19/h2-4H,1H3. The molecule has 21 heavy (non-hydrogen) atoms. The average molecular weight is 395 g/mol. The van der Waals surface area contributed by atoms with E-state index in [-0.39, 0.29) is 33.4 Å². The van der Waals surface area contributed by atoms with Crippen LogP contribution in [-0.2, 0) is 0 Å². The topological polar surface area (TPSA) is 87.4 Å². The smallest absolute Gasteiger partial charge is 0.325 e. The van der Waals surface area contributed by atoms with Gasteiger partial charge in [-0.2, -0.15) is 4.98 Å². The molecule has 0 unspecified atom stereocenters. The van der Waals surface area contributed by atoms with Crippen LogP contribution in [-0.4, -0.2) is 22.0 Å². The summed E-state index contributed by atoms with van der Waals surface area (Å²) in [7, 11) is 1.42. The highest BCUT2D eigenvalue weighted by Crippen LogP contribution is 2.37. The first kappa shape index (κ1) is 15.7. The van der Waals surface area contributed by atoms with Crippen LogP contribution in [0.1, 0.15) is 0 Å². The van der Waals surface area contributed by atoms with Gasteiger partial charge >= 0.3 is 11.7 Å². The van der Waals surface area contributed by atoms with Crippen LogP contribution in [0.2, 0.25) is 10.0 Å². The van der Waals surface area contributed by atoms with Crippen LogP contribution in [0.3, 0.4) is 0 Å². The Kier molecular flexibility index (Phi) is 4.81. The molecule has 7 nitrogen and oxygen atoms in total. The fourth-order valence-electron chi connectivity index (χ4n) is 1.37. The lowest BCUT2D eigenvalue weighted by Gasteiger charge is -2.07. The van der Waals surface area contributed by atoms with Crippen LogP contribution in [0.15, 0.2) is 22.8 Å². The van der Waals surface area contributed by atoms with Crippen molar-refractivity contribution in [2.24, 2.45) is 0 Å². The minimum atomic E-state index is -0.645. The van der Waals surface area contributed by atoms with Gasteiger partial charge in [0.15, 0.2) is 0 Å². The van der Waals surface area contributed by atoms with Crippen molar-refractivity contribution >= 4 is 44.8 Å². The van der Waals surface area contributed by atoms with Crippen molar-refractivity contribution in [2.75, 3.05) is 7.11 Å². The lowest BCUT2D eigenvalue weighted by Crippen LogP contribution is -1.98. The van der Waals surface area contributed by atoms with Crippen LogP contribution in [0.5, 0.6) is 17.6 Å². The van der Waals surface area contributed by atoms with Gasteiger partial charge in [-0.1, -0.05) is 23.2 Å². The molecule has 0 saturated carbocycles. The quantitative estimate of drug-likeness (QED) is 0.568. The van der Waals surface area contributed by atoms with E-state index >= 15 is 0 Å². The molecule has 1 aromatic heterocycles. The van der Waals surface area contributed by atoms with Gasteiger partial charge in [-0.25, -0.2) is 4.98 Å². The Labute approximate surface area is 137 Å². The predicted octanol–water partition coefficient (Wildman–Crippen LogP) is 4.26. The molecule has 10 heteroatoms. The summed E-state index contributed by atoms with van der Waals surface area (Å²) in [6.07, 6.45) is 1.39. The number of halogens is 3. The summed E-state index contributed by atoms with van der Waals surface area (Å²) in [6, 6.07) is 2.19. The third-order valence-corrected chi connectivity index (χ3v) is 3.55. The Morgan fingerprint density at radius 3 is 2.62 bits per heavy atom. The number of methoxy groups -OCH3 is 1. The summed E-state index contributed by atoms with van der Waals surface area (Å²) < 4.78 is 10.8. The van der Waals surface area contributed by atoms with Crippen molar-refractivity contribution < 1.29 is 14.4 Å². The van der Waals surface area contributed by atoms with Crippen molar-refractivity contribution in [1.82, 2.24) is 9.97 Å². The van der Waals surface area contributed by atoms with Gasteiger partial charge in [0.2, 0.25) is 11.6 Å². The third-order valence-electron chi connectivity index (χ3n) is 2.28. The van der Waals surface area contributed by atoms with E-state index in [1.807, 2.05) is 0 Å². The van der Waals surface area contributed by atoms with Crippen molar-refractivity contribution in [3.8, 4) is 17.6 Å². The highest BCUT2D eigenvalue weighted by molar-refractivity contribution is 9.10. The molecule has 2 rings (SSSR count). The van der Waals surface area contributed by atoms with Gasteiger partial charge in [0.1, 0.15) is 0 Å². The van der Waals surface area contributed by atoms with E-state index < -0.39 is 4.92 Å². The maximum Gasteiger partial charge on any atom is 0.325 e. The molecule has 0 N–H and O–H groups in total. The largest absolute Gasteiger partial charge is 0.480 e. The second-order valence-corrected chi connectivity index (χ2v) is 5.27. The molecule has 0 aliphatic heterocycles. The van der Waals surface area contributed by atoms with Crippen LogP contribution in [0, 0.1) is 10.1 Å². The number of hydrogen-bond donors (Lipinski definition) is 0. The molecule has 0 atom stereocenters. The second-order valence-electron chi connectivity index (χ2n) is 3.60. The van der Waals surface area contributed by atoms with Crippen LogP contribution >= 0.6 is 39.1 Å². The molecule has 1 heterocycles. The summed E-state index contributed by atoms with van der Waals surface area (Å²) in [4.78, 5) is 18.2. The minimum absolute atomic E-state index is 0.0463. The summed E-state index contributed by atoms with van der Waals surface area (Å²) in [5, 5.41) is 11.2. The van der Waals surface area contributed by atoms with Crippen molar-refractivity contribution in [1.29, 1.82) is 0 Å². The summed E-state index contributed by atoms with van der Waals surface area (Å²) in [6.45, 7) is 0. The number of ether oxygens (including phenoxy) is 2. The number of nitro benzene ring substituents is 1. The van der Waals surface area contributed by atoms with Gasteiger partial charge < -0.3 is 9.47 Å². The molecule has 0 aliphatic rings. The monoisotopic (exact) mass is 393 g/mol. The number of benzene rings is 1. The van der Waals surface area contributed by atoms with Gasteiger partial charge in [0.05, 0.1) is 32.7 Å². The number of rotatable bonds is 4. The Hall–Kier alpha value is -1.64. The number of nitrogens with zero attached hydrogens (tertiary/aromatic N) is 3. The van der Waals surface area contributed by atoms with Crippen molar-refractivity contribution in [3.63, 3.8) is 0 Å². The maximum absolute atomic E-state index is 11.0. The molecule has 0 bridgehead atoms. The van der Waals surface area contributed by atoms with Gasteiger partial charge in [-0.3, -0.25) is 10.1 Å². The van der Waals surface area contributed by atoms with Crippen molar-refractivity contribution in [2.45, 2.75) is 0 Å². The van der Waals surface area contributed by atoms with Gasteiger partial charge in [0, 0.05) is 12.1 Å². The van der Waals surface area contributed by atoms with Gasteiger partial charge in [-0.05, 0) is 15.9 Å². The Balaban J connectivity index is 2.43. The predicted molar refractivity (Wildman–Crippen MR) is 79.5 cm³/mol. The van der Waals surface area contributed by atoms with Crippen LogP contribution < -0.4 is 9.47 Å². The fraction of sp³-hybridized carbons (Fsp3) is 0.0909. The first-order chi connectivity index (χ1) is 9.92. The summed E-state index contributed by atoms with van der Waals surface area (Å²) in [5.41, 5.74) is -0.352. The molecule has 0 amide bonds. The highest BCUT2D eigenvalue weighted by Gasteiger charge is 2.20.